The van der Waals surface area contributed by atoms with Gasteiger partial charge in [0.2, 0.25) is 25.4 Å². The van der Waals surface area contributed by atoms with Crippen LogP contribution in [0.3, 0.4) is 0 Å². The number of nitrogens with zero attached hydrogens (tertiary/aromatic N) is 7. The monoisotopic (exact) mass is 710 g/mol. The van der Waals surface area contributed by atoms with Crippen LogP contribution in [0.2, 0.25) is 0 Å². The van der Waals surface area contributed by atoms with Gasteiger partial charge in [-0.3, -0.25) is 9.09 Å². The lowest BCUT2D eigenvalue weighted by atomic mass is 9.97. The molecule has 1 aliphatic heterocycles. The SMILES string of the molecule is [3H]CCNc1nc(OCC)c2ncn([C@@H]3O[C@](CN=[N+]=[N-])(COP(=O)(OCOC(=O)OC(C)C)OCOC(=O)OC(C)C)[C@@H](O)[C@H]3F)c2n1. The number of phosphoric ester groups is 1. The molecule has 21 nitrogen and oxygen atoms in total. The molecule has 1 aliphatic rings. The number of rotatable bonds is 18. The summed E-state index contributed by atoms with van der Waals surface area (Å²) in [6.07, 6.45) is -8.40. The summed E-state index contributed by atoms with van der Waals surface area (Å²) in [6, 6.07) is 0. The van der Waals surface area contributed by atoms with Crippen molar-refractivity contribution in [2.45, 2.75) is 77.8 Å². The van der Waals surface area contributed by atoms with Crippen LogP contribution >= 0.6 is 7.82 Å². The van der Waals surface area contributed by atoms with E-state index in [0.29, 0.717) is 0 Å². The second-order valence-electron chi connectivity index (χ2n) is 10.2. The number of aromatic nitrogens is 4. The van der Waals surface area contributed by atoms with Crippen molar-refractivity contribution in [1.29, 1.82) is 0 Å². The number of carbonyl (C=O) groups excluding carboxylic acids is 2. The molecule has 1 saturated heterocycles. The summed E-state index contributed by atoms with van der Waals surface area (Å²) < 4.78 is 83.8. The fourth-order valence-corrected chi connectivity index (χ4v) is 4.98. The fraction of sp³-hybridized carbons (Fsp3) is 0.720. The number of phosphoric acid groups is 1. The Hall–Kier alpha value is -4.04. The van der Waals surface area contributed by atoms with Crippen molar-refractivity contribution in [2.24, 2.45) is 5.11 Å². The van der Waals surface area contributed by atoms with E-state index in [0.717, 1.165) is 10.9 Å². The molecule has 23 heteroatoms. The Morgan fingerprint density at radius 3 is 2.42 bits per heavy atom. The molecule has 2 aromatic rings. The number of alkyl halides is 1. The van der Waals surface area contributed by atoms with Crippen LogP contribution in [-0.4, -0.2) is 107 Å². The predicted molar refractivity (Wildman–Crippen MR) is 159 cm³/mol. The van der Waals surface area contributed by atoms with Gasteiger partial charge in [-0.15, -0.1) is 0 Å². The predicted octanol–water partition coefficient (Wildman–Crippen LogP) is 4.13. The molecule has 0 spiro atoms. The van der Waals surface area contributed by atoms with E-state index in [1.165, 1.54) is 0 Å². The molecule has 2 aromatic heterocycles. The fourth-order valence-electron chi connectivity index (χ4n) is 4.01. The summed E-state index contributed by atoms with van der Waals surface area (Å²) in [5.74, 6) is 0.0855. The minimum Gasteiger partial charge on any atom is -0.476 e. The highest BCUT2D eigenvalue weighted by Gasteiger charge is 2.57. The lowest BCUT2D eigenvalue weighted by Crippen LogP contribution is -2.48. The molecule has 4 atom stereocenters. The molecule has 0 amide bonds. The summed E-state index contributed by atoms with van der Waals surface area (Å²) in [7, 11) is -4.92. The summed E-state index contributed by atoms with van der Waals surface area (Å²) in [5, 5.41) is 17.4. The number of fused-ring (bicyclic) bond motifs is 1. The van der Waals surface area contributed by atoms with Crippen LogP contribution in [0.5, 0.6) is 5.88 Å². The molecule has 3 rings (SSSR count). The molecule has 0 unspecified atom stereocenters. The third-order valence-electron chi connectivity index (χ3n) is 6.00. The first-order chi connectivity index (χ1) is 23.3. The van der Waals surface area contributed by atoms with Crippen LogP contribution in [0.15, 0.2) is 11.4 Å². The van der Waals surface area contributed by atoms with E-state index in [-0.39, 0.29) is 43.0 Å². The van der Waals surface area contributed by atoms with Gasteiger partial charge in [0, 0.05) is 12.8 Å². The Kier molecular flexibility index (Phi) is 13.3. The third kappa shape index (κ3) is 9.99. The van der Waals surface area contributed by atoms with Gasteiger partial charge < -0.3 is 38.8 Å². The Morgan fingerprint density at radius 1 is 1.21 bits per heavy atom. The van der Waals surface area contributed by atoms with E-state index in [1.54, 1.807) is 34.6 Å². The van der Waals surface area contributed by atoms with Crippen molar-refractivity contribution in [3.8, 4) is 5.88 Å². The Bertz CT molecular complexity index is 1480. The van der Waals surface area contributed by atoms with E-state index in [2.05, 4.69) is 30.3 Å². The number of anilines is 1. The lowest BCUT2D eigenvalue weighted by Gasteiger charge is -2.31. The van der Waals surface area contributed by atoms with Crippen LogP contribution < -0.4 is 10.1 Å². The highest BCUT2D eigenvalue weighted by molar-refractivity contribution is 7.48. The molecular formula is C25H38FN8O13P. The maximum absolute atomic E-state index is 16.0. The summed E-state index contributed by atoms with van der Waals surface area (Å²) in [4.78, 5) is 39.0. The Morgan fingerprint density at radius 2 is 1.85 bits per heavy atom. The summed E-state index contributed by atoms with van der Waals surface area (Å²) in [6.45, 7) is 4.36. The van der Waals surface area contributed by atoms with Crippen LogP contribution in [0.1, 0.15) is 49.1 Å². The van der Waals surface area contributed by atoms with Crippen molar-refractivity contribution in [3.05, 3.63) is 16.8 Å². The molecule has 0 saturated carbocycles. The zero-order valence-electron chi connectivity index (χ0n) is 27.7. The smallest absolute Gasteiger partial charge is 0.476 e. The maximum Gasteiger partial charge on any atom is 0.510 e. The van der Waals surface area contributed by atoms with Crippen LogP contribution in [-0.2, 0) is 41.8 Å². The molecule has 0 bridgehead atoms. The van der Waals surface area contributed by atoms with Crippen LogP contribution in [0.4, 0.5) is 19.9 Å². The molecule has 2 N–H and O–H groups in total. The number of nitrogens with one attached hydrogen (secondary N) is 1. The maximum atomic E-state index is 16.0. The normalized spacial score (nSPS) is 21.1. The van der Waals surface area contributed by atoms with Gasteiger partial charge >= 0.3 is 20.1 Å². The molecule has 1 fully saturated rings. The van der Waals surface area contributed by atoms with Gasteiger partial charge in [0.25, 0.3) is 0 Å². The minimum atomic E-state index is -4.92. The van der Waals surface area contributed by atoms with Crippen molar-refractivity contribution >= 4 is 37.2 Å². The topological polar surface area (TPSA) is 259 Å². The van der Waals surface area contributed by atoms with E-state index in [9.17, 15) is 19.3 Å². The first-order valence-electron chi connectivity index (χ1n) is 15.1. The van der Waals surface area contributed by atoms with Gasteiger partial charge in [-0.05, 0) is 47.0 Å². The van der Waals surface area contributed by atoms with Crippen molar-refractivity contribution in [1.82, 2.24) is 19.5 Å². The number of azide groups is 1. The number of halogens is 1. The highest BCUT2D eigenvalue weighted by Crippen LogP contribution is 2.52. The second-order valence-corrected chi connectivity index (χ2v) is 11.9. The lowest BCUT2D eigenvalue weighted by molar-refractivity contribution is -0.124. The molecule has 0 radical (unpaired) electrons. The molecule has 0 aliphatic carbocycles. The molecule has 48 heavy (non-hydrogen) atoms. The standard InChI is InChI=1S/C25H38FN8O13P/c1-7-28-22-31-19-17(20(32-22)39-8-2)29-11-34(19)21-16(26)18(35)25(47-21,9-30-33-27)10-42-48(38,43-12-40-23(36)45-14(3)4)44-13-41-24(37)46-15(5)6/h11,14-16,18,21,35H,7-10,12-13H2,1-6H3,(H,28,31,32)/t16-,18+,21-,25-/m1/s1/i1T. The molecule has 268 valence electrons. The van der Waals surface area contributed by atoms with E-state index >= 15 is 4.39 Å². The van der Waals surface area contributed by atoms with E-state index in [1.807, 2.05) is 0 Å². The number of aliphatic hydroxyl groups excluding tert-OH is 1. The van der Waals surface area contributed by atoms with E-state index in [4.69, 9.17) is 48.9 Å². The van der Waals surface area contributed by atoms with Gasteiger partial charge in [0.1, 0.15) is 11.7 Å². The molecule has 0 aromatic carbocycles. The Balaban J connectivity index is 1.90. The summed E-state index contributed by atoms with van der Waals surface area (Å²) in [5.41, 5.74) is 6.94. The van der Waals surface area contributed by atoms with Crippen molar-refractivity contribution in [3.63, 3.8) is 0 Å². The molecule has 3 heterocycles. The Labute approximate surface area is 274 Å². The first kappa shape index (κ1) is 36.8. The van der Waals surface area contributed by atoms with Crippen molar-refractivity contribution < 1.29 is 67.0 Å². The quantitative estimate of drug-likeness (QED) is 0.0550. The van der Waals surface area contributed by atoms with Crippen molar-refractivity contribution in [2.75, 3.05) is 45.2 Å². The largest absolute Gasteiger partial charge is 0.510 e. The number of hydrogen-bond acceptors (Lipinski definition) is 18. The minimum absolute atomic E-state index is 0.00334. The van der Waals surface area contributed by atoms with Gasteiger partial charge in [0.05, 0.1) is 38.3 Å². The van der Waals surface area contributed by atoms with Crippen LogP contribution in [0, 0.1) is 0 Å². The first-order valence-corrected chi connectivity index (χ1v) is 15.9. The average Bonchev–Trinajstić information content (AvgIpc) is 3.56. The zero-order valence-corrected chi connectivity index (χ0v) is 27.6. The van der Waals surface area contributed by atoms with Gasteiger partial charge in [0.15, 0.2) is 23.6 Å². The van der Waals surface area contributed by atoms with Gasteiger partial charge in [-0.2, -0.15) is 9.97 Å². The zero-order chi connectivity index (χ0) is 36.2. The highest BCUT2D eigenvalue weighted by atomic mass is 31.2. The van der Waals surface area contributed by atoms with Gasteiger partial charge in [-0.25, -0.2) is 32.6 Å². The number of hydrogen-bond donors (Lipinski definition) is 2. The van der Waals surface area contributed by atoms with E-state index < -0.39 is 83.2 Å². The number of imidazole rings is 1. The number of carbonyl (C=O) groups is 2. The number of ether oxygens (including phenoxy) is 6. The third-order valence-corrected chi connectivity index (χ3v) is 7.29. The summed E-state index contributed by atoms with van der Waals surface area (Å²) >= 11 is 0. The van der Waals surface area contributed by atoms with Gasteiger partial charge in [-0.1, -0.05) is 5.11 Å². The number of aliphatic hydroxyl groups is 1. The molecular weight excluding hydrogens is 670 g/mol. The second kappa shape index (κ2) is 17.4. The average molecular weight is 711 g/mol. The van der Waals surface area contributed by atoms with Crippen LogP contribution in [0.25, 0.3) is 21.6 Å².